The number of likely N-dealkylation sites (N-methyl/N-ethyl adjacent to an activating group) is 1. The molecule has 2 amide bonds. The fourth-order valence-electron chi connectivity index (χ4n) is 3.62. The Kier molecular flexibility index (Phi) is 7.49. The normalized spacial score (nSPS) is 12.2. The van der Waals surface area contributed by atoms with Crippen molar-refractivity contribution in [2.45, 2.75) is 19.0 Å². The molecule has 7 nitrogen and oxygen atoms in total. The van der Waals surface area contributed by atoms with E-state index in [4.69, 9.17) is 11.6 Å². The predicted octanol–water partition coefficient (Wildman–Crippen LogP) is 6.10. The molecule has 0 spiro atoms. The van der Waals surface area contributed by atoms with Crippen molar-refractivity contribution in [1.82, 2.24) is 14.8 Å². The van der Waals surface area contributed by atoms with Crippen molar-refractivity contribution >= 4 is 34.9 Å². The number of carbonyl (C=O) groups excluding carboxylic acids is 2. The van der Waals surface area contributed by atoms with Gasteiger partial charge in [0.2, 0.25) is 5.91 Å². The average molecular weight is 546 g/mol. The first kappa shape index (κ1) is 26.8. The number of anilines is 2. The topological polar surface area (TPSA) is 80.1 Å². The van der Waals surface area contributed by atoms with Gasteiger partial charge in [0, 0.05) is 30.0 Å². The summed E-state index contributed by atoms with van der Waals surface area (Å²) in [5, 5.41) is 6.53. The smallest absolute Gasteiger partial charge is 0.321 e. The van der Waals surface area contributed by atoms with Crippen molar-refractivity contribution in [1.29, 1.82) is 0 Å². The molecule has 12 heteroatoms. The van der Waals surface area contributed by atoms with Crippen LogP contribution in [0.4, 0.5) is 29.1 Å². The highest BCUT2D eigenvalue weighted by molar-refractivity contribution is 6.30. The minimum absolute atomic E-state index is 0.0555. The van der Waals surface area contributed by atoms with Gasteiger partial charge in [-0.1, -0.05) is 23.7 Å². The lowest BCUT2D eigenvalue weighted by Gasteiger charge is -2.22. The molecule has 0 aliphatic heterocycles. The van der Waals surface area contributed by atoms with Gasteiger partial charge in [-0.15, -0.1) is 0 Å². The second kappa shape index (κ2) is 10.6. The van der Waals surface area contributed by atoms with Crippen LogP contribution in [0.1, 0.15) is 34.6 Å². The van der Waals surface area contributed by atoms with Crippen LogP contribution in [-0.2, 0) is 11.0 Å². The fraction of sp³-hybridized carbons (Fsp3) is 0.154. The molecular formula is C26H20ClF4N5O2. The molecule has 38 heavy (non-hydrogen) atoms. The highest BCUT2D eigenvalue weighted by Gasteiger charge is 2.36. The monoisotopic (exact) mass is 545 g/mol. The summed E-state index contributed by atoms with van der Waals surface area (Å²) in [4.78, 5) is 30.9. The summed E-state index contributed by atoms with van der Waals surface area (Å²) in [6.07, 6.45) is -3.40. The van der Waals surface area contributed by atoms with E-state index in [0.29, 0.717) is 11.3 Å². The van der Waals surface area contributed by atoms with Crippen molar-refractivity contribution in [3.63, 3.8) is 0 Å². The third kappa shape index (κ3) is 5.83. The number of benzene rings is 2. The number of aromatic nitrogens is 3. The molecule has 0 saturated heterocycles. The van der Waals surface area contributed by atoms with Gasteiger partial charge in [-0.2, -0.15) is 18.3 Å². The van der Waals surface area contributed by atoms with Crippen LogP contribution in [0.3, 0.4) is 0 Å². The number of hydrogen-bond acceptors (Lipinski definition) is 4. The quantitative estimate of drug-likeness (QED) is 0.297. The first-order chi connectivity index (χ1) is 17.9. The Labute approximate surface area is 219 Å². The number of pyridine rings is 1. The Balaban J connectivity index is 1.56. The van der Waals surface area contributed by atoms with Gasteiger partial charge in [-0.05, 0) is 61.0 Å². The highest BCUT2D eigenvalue weighted by atomic mass is 35.5. The lowest BCUT2D eigenvalue weighted by molar-refractivity contribution is -0.141. The third-order valence-corrected chi connectivity index (χ3v) is 5.93. The van der Waals surface area contributed by atoms with E-state index < -0.39 is 35.4 Å². The Bertz CT molecular complexity index is 1470. The first-order valence-corrected chi connectivity index (χ1v) is 11.6. The van der Waals surface area contributed by atoms with Gasteiger partial charge >= 0.3 is 6.18 Å². The second-order valence-electron chi connectivity index (χ2n) is 8.33. The van der Waals surface area contributed by atoms with E-state index in [-0.39, 0.29) is 22.2 Å². The predicted molar refractivity (Wildman–Crippen MR) is 134 cm³/mol. The third-order valence-electron chi connectivity index (χ3n) is 5.70. The summed E-state index contributed by atoms with van der Waals surface area (Å²) in [6, 6.07) is 15.0. The summed E-state index contributed by atoms with van der Waals surface area (Å²) >= 11 is 6.01. The van der Waals surface area contributed by atoms with E-state index in [1.54, 1.807) is 19.1 Å². The van der Waals surface area contributed by atoms with E-state index in [9.17, 15) is 27.2 Å². The lowest BCUT2D eigenvalue weighted by atomic mass is 10.0. The second-order valence-corrected chi connectivity index (χ2v) is 8.77. The molecule has 2 aromatic carbocycles. The maximum Gasteiger partial charge on any atom is 0.435 e. The Morgan fingerprint density at radius 1 is 1.05 bits per heavy atom. The summed E-state index contributed by atoms with van der Waals surface area (Å²) < 4.78 is 54.4. The van der Waals surface area contributed by atoms with E-state index >= 15 is 0 Å². The van der Waals surface area contributed by atoms with Gasteiger partial charge in [0.1, 0.15) is 17.3 Å². The Morgan fingerprint density at radius 2 is 1.76 bits per heavy atom. The van der Waals surface area contributed by atoms with Crippen molar-refractivity contribution < 1.29 is 27.2 Å². The fourth-order valence-corrected chi connectivity index (χ4v) is 3.80. The van der Waals surface area contributed by atoms with Gasteiger partial charge in [-0.3, -0.25) is 19.5 Å². The summed E-state index contributed by atoms with van der Waals surface area (Å²) in [5.74, 6) is -2.45. The molecule has 4 rings (SSSR count). The molecule has 2 heterocycles. The maximum absolute atomic E-state index is 13.5. The number of rotatable bonds is 6. The molecule has 2 aromatic heterocycles. The molecule has 0 bridgehead atoms. The van der Waals surface area contributed by atoms with E-state index in [1.807, 2.05) is 0 Å². The molecule has 0 radical (unpaired) electrons. The molecule has 1 atom stereocenters. The van der Waals surface area contributed by atoms with Gasteiger partial charge < -0.3 is 5.32 Å². The maximum atomic E-state index is 13.5. The van der Waals surface area contributed by atoms with Crippen LogP contribution >= 0.6 is 11.6 Å². The van der Waals surface area contributed by atoms with Gasteiger partial charge in [-0.25, -0.2) is 9.07 Å². The van der Waals surface area contributed by atoms with E-state index in [2.05, 4.69) is 15.4 Å². The van der Waals surface area contributed by atoms with Crippen LogP contribution in [0.15, 0.2) is 72.9 Å². The highest BCUT2D eigenvalue weighted by Crippen LogP contribution is 2.33. The number of alkyl halides is 3. The number of nitrogens with one attached hydrogen (secondary N) is 1. The minimum Gasteiger partial charge on any atom is -0.321 e. The molecule has 0 saturated carbocycles. The number of amides is 2. The molecule has 1 N–H and O–H groups in total. The molecule has 0 aliphatic rings. The van der Waals surface area contributed by atoms with E-state index in [0.717, 1.165) is 15.6 Å². The Hall–Kier alpha value is -4.25. The van der Waals surface area contributed by atoms with Crippen molar-refractivity contribution in [3.8, 4) is 5.69 Å². The largest absolute Gasteiger partial charge is 0.435 e. The standard InChI is InChI=1S/C26H20ClF4N5O2/c1-15(16-6-11-21(32-14-16)24(37)33-19-9-7-18(28)8-10-19)25(38)35(2)23-13-22(26(29,30)31)34-36(23)20-5-3-4-17(27)12-20/h3-15H,1-2H3,(H,33,37). The van der Waals surface area contributed by atoms with Crippen LogP contribution in [0.2, 0.25) is 5.02 Å². The minimum atomic E-state index is -4.73. The number of carbonyl (C=O) groups is 2. The van der Waals surface area contributed by atoms with Crippen molar-refractivity contribution in [2.75, 3.05) is 17.3 Å². The first-order valence-electron chi connectivity index (χ1n) is 11.2. The van der Waals surface area contributed by atoms with E-state index in [1.165, 1.54) is 61.8 Å². The number of hydrogen-bond donors (Lipinski definition) is 1. The SMILES string of the molecule is CC(C(=O)N(C)c1cc(C(F)(F)F)nn1-c1cccc(Cl)c1)c1ccc(C(=O)Nc2ccc(F)cc2)nc1. The summed E-state index contributed by atoms with van der Waals surface area (Å²) in [5.41, 5.74) is -0.0570. The van der Waals surface area contributed by atoms with Crippen LogP contribution in [0.25, 0.3) is 5.69 Å². The zero-order valence-corrected chi connectivity index (χ0v) is 20.8. The molecule has 1 unspecified atom stereocenters. The van der Waals surface area contributed by atoms with Crippen LogP contribution < -0.4 is 10.2 Å². The summed E-state index contributed by atoms with van der Waals surface area (Å²) in [6.45, 7) is 1.57. The molecule has 0 aliphatic carbocycles. The lowest BCUT2D eigenvalue weighted by Crippen LogP contribution is -2.32. The van der Waals surface area contributed by atoms with Crippen LogP contribution in [-0.4, -0.2) is 33.6 Å². The number of halogens is 5. The summed E-state index contributed by atoms with van der Waals surface area (Å²) in [7, 11) is 1.34. The van der Waals surface area contributed by atoms with Gasteiger partial charge in [0.25, 0.3) is 5.91 Å². The van der Waals surface area contributed by atoms with Crippen LogP contribution in [0.5, 0.6) is 0 Å². The van der Waals surface area contributed by atoms with Crippen molar-refractivity contribution in [2.24, 2.45) is 0 Å². The average Bonchev–Trinajstić information content (AvgIpc) is 3.35. The molecule has 196 valence electrons. The van der Waals surface area contributed by atoms with Crippen LogP contribution in [0, 0.1) is 5.82 Å². The molecule has 0 fully saturated rings. The van der Waals surface area contributed by atoms with Crippen molar-refractivity contribution in [3.05, 3.63) is 101 Å². The zero-order chi connectivity index (χ0) is 27.6. The van der Waals surface area contributed by atoms with Gasteiger partial charge in [0.15, 0.2) is 5.69 Å². The molecular weight excluding hydrogens is 526 g/mol. The number of nitrogens with zero attached hydrogens (tertiary/aromatic N) is 4. The zero-order valence-electron chi connectivity index (χ0n) is 20.0. The van der Waals surface area contributed by atoms with Gasteiger partial charge in [0.05, 0.1) is 11.6 Å². The molecule has 4 aromatic rings. The Morgan fingerprint density at radius 3 is 2.37 bits per heavy atom.